The van der Waals surface area contributed by atoms with Gasteiger partial charge >= 0.3 is 0 Å². The molecule has 3 rings (SSSR count). The number of halogens is 1. The quantitative estimate of drug-likeness (QED) is 0.741. The summed E-state index contributed by atoms with van der Waals surface area (Å²) in [6, 6.07) is 12.9. The van der Waals surface area contributed by atoms with Crippen molar-refractivity contribution < 1.29 is 19.1 Å². The average Bonchev–Trinajstić information content (AvgIpc) is 2.95. The third-order valence-electron chi connectivity index (χ3n) is 4.50. The monoisotopic (exact) mass is 386 g/mol. The minimum Gasteiger partial charge on any atom is -0.497 e. The van der Waals surface area contributed by atoms with Crippen LogP contribution in [0.1, 0.15) is 18.9 Å². The molecule has 27 heavy (non-hydrogen) atoms. The van der Waals surface area contributed by atoms with E-state index in [0.29, 0.717) is 16.5 Å². The molecule has 0 aromatic heterocycles. The van der Waals surface area contributed by atoms with E-state index >= 15 is 0 Å². The number of amides is 3. The fourth-order valence-electron chi connectivity index (χ4n) is 3.09. The molecule has 0 N–H and O–H groups in total. The van der Waals surface area contributed by atoms with Crippen LogP contribution < -0.4 is 9.64 Å². The summed E-state index contributed by atoms with van der Waals surface area (Å²) >= 11 is 5.89. The predicted octanol–water partition coefficient (Wildman–Crippen LogP) is 3.03. The van der Waals surface area contributed by atoms with Crippen molar-refractivity contribution in [3.05, 3.63) is 59.1 Å². The molecule has 0 spiro atoms. The third kappa shape index (κ3) is 3.95. The molecule has 1 atom stereocenters. The summed E-state index contributed by atoms with van der Waals surface area (Å²) < 4.78 is 5.10. The molecule has 2 aromatic rings. The first-order valence-electron chi connectivity index (χ1n) is 8.43. The van der Waals surface area contributed by atoms with Crippen molar-refractivity contribution in [3.63, 3.8) is 0 Å². The largest absolute Gasteiger partial charge is 0.497 e. The molecule has 3 amide bonds. The van der Waals surface area contributed by atoms with Gasteiger partial charge in [-0.25, -0.2) is 4.90 Å². The van der Waals surface area contributed by atoms with E-state index in [0.717, 1.165) is 10.5 Å². The second-order valence-corrected chi connectivity index (χ2v) is 6.70. The highest BCUT2D eigenvalue weighted by Crippen LogP contribution is 2.28. The number of hydrogen-bond donors (Lipinski definition) is 0. The lowest BCUT2D eigenvalue weighted by Gasteiger charge is -2.26. The van der Waals surface area contributed by atoms with Gasteiger partial charge in [0.25, 0.3) is 5.91 Å². The van der Waals surface area contributed by atoms with Crippen LogP contribution in [0.15, 0.2) is 48.5 Å². The smallest absolute Gasteiger partial charge is 0.257 e. The molecule has 1 saturated heterocycles. The van der Waals surface area contributed by atoms with E-state index in [2.05, 4.69) is 0 Å². The predicted molar refractivity (Wildman–Crippen MR) is 102 cm³/mol. The number of hydrogen-bond acceptors (Lipinski definition) is 4. The second kappa shape index (κ2) is 7.80. The highest BCUT2D eigenvalue weighted by atomic mass is 35.5. The molecular formula is C20H19ClN2O4. The van der Waals surface area contributed by atoms with Crippen molar-refractivity contribution in [3.8, 4) is 5.75 Å². The van der Waals surface area contributed by atoms with Crippen LogP contribution >= 0.6 is 11.6 Å². The van der Waals surface area contributed by atoms with Crippen LogP contribution in [-0.4, -0.2) is 35.8 Å². The van der Waals surface area contributed by atoms with Crippen LogP contribution in [0.4, 0.5) is 5.69 Å². The van der Waals surface area contributed by atoms with Gasteiger partial charge in [-0.3, -0.25) is 14.4 Å². The Kier molecular flexibility index (Phi) is 5.46. The van der Waals surface area contributed by atoms with Crippen LogP contribution in [0.25, 0.3) is 0 Å². The number of ether oxygens (including phenoxy) is 1. The summed E-state index contributed by atoms with van der Waals surface area (Å²) in [5.74, 6) is -0.387. The van der Waals surface area contributed by atoms with Gasteiger partial charge in [0.1, 0.15) is 11.8 Å². The Morgan fingerprint density at radius 2 is 1.78 bits per heavy atom. The minimum atomic E-state index is -0.826. The summed E-state index contributed by atoms with van der Waals surface area (Å²) in [6.45, 7) is 1.62. The molecule has 7 heteroatoms. The number of carbonyl (C=O) groups excluding carboxylic acids is 3. The van der Waals surface area contributed by atoms with Crippen molar-refractivity contribution >= 4 is 35.0 Å². The third-order valence-corrected chi connectivity index (χ3v) is 4.75. The highest BCUT2D eigenvalue weighted by molar-refractivity contribution is 6.30. The molecule has 1 unspecified atom stereocenters. The van der Waals surface area contributed by atoms with Crippen molar-refractivity contribution in [2.24, 2.45) is 0 Å². The molecule has 0 radical (unpaired) electrons. The lowest BCUT2D eigenvalue weighted by molar-refractivity contribution is -0.137. The zero-order chi connectivity index (χ0) is 19.6. The molecule has 140 valence electrons. The molecule has 0 saturated carbocycles. The molecule has 1 fully saturated rings. The number of carbonyl (C=O) groups is 3. The Bertz CT molecular complexity index is 865. The highest BCUT2D eigenvalue weighted by Gasteiger charge is 2.43. The number of imide groups is 1. The normalized spacial score (nSPS) is 16.6. The fourth-order valence-corrected chi connectivity index (χ4v) is 3.22. The molecule has 6 nitrogen and oxygen atoms in total. The lowest BCUT2D eigenvalue weighted by Crippen LogP contribution is -2.44. The summed E-state index contributed by atoms with van der Waals surface area (Å²) in [7, 11) is 1.54. The van der Waals surface area contributed by atoms with Crippen LogP contribution in [0.3, 0.4) is 0 Å². The van der Waals surface area contributed by atoms with E-state index in [9.17, 15) is 14.4 Å². The summed E-state index contributed by atoms with van der Waals surface area (Å²) in [4.78, 5) is 40.1. The molecule has 2 aromatic carbocycles. The lowest BCUT2D eigenvalue weighted by atomic mass is 10.1. The van der Waals surface area contributed by atoms with Crippen LogP contribution in [0, 0.1) is 0 Å². The van der Waals surface area contributed by atoms with Crippen molar-refractivity contribution in [2.45, 2.75) is 25.9 Å². The Morgan fingerprint density at radius 1 is 1.15 bits per heavy atom. The number of anilines is 1. The van der Waals surface area contributed by atoms with Crippen molar-refractivity contribution in [1.29, 1.82) is 0 Å². The van der Waals surface area contributed by atoms with Gasteiger partial charge < -0.3 is 9.64 Å². The van der Waals surface area contributed by atoms with E-state index in [-0.39, 0.29) is 24.8 Å². The number of rotatable bonds is 5. The molecular weight excluding hydrogens is 368 g/mol. The topological polar surface area (TPSA) is 66.9 Å². The van der Waals surface area contributed by atoms with E-state index in [4.69, 9.17) is 16.3 Å². The van der Waals surface area contributed by atoms with Crippen molar-refractivity contribution in [2.75, 3.05) is 12.0 Å². The first-order valence-corrected chi connectivity index (χ1v) is 8.81. The molecule has 1 heterocycles. The fraction of sp³-hybridized carbons (Fsp3) is 0.250. The van der Waals surface area contributed by atoms with Gasteiger partial charge in [0.15, 0.2) is 0 Å². The van der Waals surface area contributed by atoms with Crippen LogP contribution in [0.5, 0.6) is 5.75 Å². The van der Waals surface area contributed by atoms with Gasteiger partial charge in [-0.1, -0.05) is 23.7 Å². The van der Waals surface area contributed by atoms with E-state index in [1.54, 1.807) is 55.6 Å². The number of nitrogens with zero attached hydrogens (tertiary/aromatic N) is 2. The SMILES string of the molecule is COc1ccc(N2C(=O)CC(N(Cc3ccc(Cl)cc3)C(C)=O)C2=O)cc1. The Hall–Kier alpha value is -2.86. The van der Waals surface area contributed by atoms with Gasteiger partial charge in [0.05, 0.1) is 19.2 Å². The first-order chi connectivity index (χ1) is 12.9. The molecule has 0 aliphatic carbocycles. The minimum absolute atomic E-state index is 0.0436. The number of methoxy groups -OCH3 is 1. The Balaban J connectivity index is 1.83. The second-order valence-electron chi connectivity index (χ2n) is 6.26. The standard InChI is InChI=1S/C20H19ClN2O4/c1-13(24)22(12-14-3-5-15(21)6-4-14)18-11-19(25)23(20(18)26)16-7-9-17(27-2)10-8-16/h3-10,18H,11-12H2,1-2H3. The van der Waals surface area contributed by atoms with Gasteiger partial charge in [-0.05, 0) is 42.0 Å². The Labute approximate surface area is 162 Å². The van der Waals surface area contributed by atoms with E-state index in [1.807, 2.05) is 0 Å². The zero-order valence-corrected chi connectivity index (χ0v) is 15.8. The van der Waals surface area contributed by atoms with E-state index in [1.165, 1.54) is 11.8 Å². The van der Waals surface area contributed by atoms with Gasteiger partial charge in [-0.2, -0.15) is 0 Å². The summed E-state index contributed by atoms with van der Waals surface area (Å²) in [5, 5.41) is 0.589. The maximum Gasteiger partial charge on any atom is 0.257 e. The van der Waals surface area contributed by atoms with E-state index < -0.39 is 11.9 Å². The zero-order valence-electron chi connectivity index (χ0n) is 15.0. The van der Waals surface area contributed by atoms with Gasteiger partial charge in [0, 0.05) is 18.5 Å². The molecule has 1 aliphatic rings. The summed E-state index contributed by atoms with van der Waals surface area (Å²) in [5.41, 5.74) is 1.29. The average molecular weight is 387 g/mol. The Morgan fingerprint density at radius 3 is 2.33 bits per heavy atom. The van der Waals surface area contributed by atoms with Crippen LogP contribution in [0.2, 0.25) is 5.02 Å². The first kappa shape index (κ1) is 18.9. The molecule has 1 aliphatic heterocycles. The van der Waals surface area contributed by atoms with Crippen molar-refractivity contribution in [1.82, 2.24) is 4.90 Å². The number of benzene rings is 2. The summed E-state index contributed by atoms with van der Waals surface area (Å²) in [6.07, 6.45) is -0.0436. The van der Waals surface area contributed by atoms with Crippen LogP contribution in [-0.2, 0) is 20.9 Å². The maximum absolute atomic E-state index is 12.9. The maximum atomic E-state index is 12.9. The molecule has 0 bridgehead atoms. The van der Waals surface area contributed by atoms with Gasteiger partial charge in [-0.15, -0.1) is 0 Å². The van der Waals surface area contributed by atoms with Gasteiger partial charge in [0.2, 0.25) is 11.8 Å².